The van der Waals surface area contributed by atoms with Gasteiger partial charge in [0, 0.05) is 31.7 Å². The lowest BCUT2D eigenvalue weighted by Crippen LogP contribution is -2.25. The number of unbranched alkanes of at least 4 members (excludes halogenated alkanes) is 1. The van der Waals surface area contributed by atoms with Crippen molar-refractivity contribution in [2.75, 3.05) is 26.9 Å². The summed E-state index contributed by atoms with van der Waals surface area (Å²) in [7, 11) is 1.72. The zero-order chi connectivity index (χ0) is 31.7. The fraction of sp³-hybridized carbons (Fsp3) is 0.308. The molecule has 2 heterocycles. The van der Waals surface area contributed by atoms with Crippen molar-refractivity contribution in [2.24, 2.45) is 0 Å². The van der Waals surface area contributed by atoms with E-state index in [0.717, 1.165) is 77.1 Å². The largest absolute Gasteiger partial charge is 0.496 e. The first-order valence-electron chi connectivity index (χ1n) is 16.3. The summed E-state index contributed by atoms with van der Waals surface area (Å²) >= 11 is 0. The third kappa shape index (κ3) is 7.21. The van der Waals surface area contributed by atoms with E-state index < -0.39 is 0 Å². The van der Waals surface area contributed by atoms with Crippen LogP contribution in [0.15, 0.2) is 97.1 Å². The lowest BCUT2D eigenvalue weighted by Gasteiger charge is -2.26. The SMILES string of the molecule is CCCCn1c(-c2ccccc2OC)nc(-c2ccccc2)c1CN(Cc1cccc(OCC)c1)Cc1ccc2c(c1)OCCO2. The molecule has 46 heavy (non-hydrogen) atoms. The van der Waals surface area contributed by atoms with Gasteiger partial charge in [-0.2, -0.15) is 0 Å². The zero-order valence-corrected chi connectivity index (χ0v) is 27.1. The smallest absolute Gasteiger partial charge is 0.161 e. The molecule has 238 valence electrons. The van der Waals surface area contributed by atoms with Gasteiger partial charge in [0.05, 0.1) is 30.7 Å². The molecular formula is C39H43N3O4. The molecule has 1 aromatic heterocycles. The van der Waals surface area contributed by atoms with Crippen molar-refractivity contribution in [3.63, 3.8) is 0 Å². The number of hydrogen-bond acceptors (Lipinski definition) is 6. The van der Waals surface area contributed by atoms with Gasteiger partial charge in [-0.05, 0) is 60.9 Å². The van der Waals surface area contributed by atoms with E-state index in [1.807, 2.05) is 31.2 Å². The van der Waals surface area contributed by atoms with Crippen LogP contribution < -0.4 is 18.9 Å². The van der Waals surface area contributed by atoms with Crippen LogP contribution in [0.25, 0.3) is 22.6 Å². The van der Waals surface area contributed by atoms with Crippen LogP contribution in [0, 0.1) is 0 Å². The molecule has 1 aliphatic rings. The summed E-state index contributed by atoms with van der Waals surface area (Å²) < 4.78 is 25.9. The van der Waals surface area contributed by atoms with Gasteiger partial charge in [0.2, 0.25) is 0 Å². The van der Waals surface area contributed by atoms with Gasteiger partial charge >= 0.3 is 0 Å². The maximum absolute atomic E-state index is 5.95. The van der Waals surface area contributed by atoms with Gasteiger partial charge in [-0.25, -0.2) is 4.98 Å². The Bertz CT molecular complexity index is 1730. The molecule has 7 nitrogen and oxygen atoms in total. The van der Waals surface area contributed by atoms with Gasteiger partial charge < -0.3 is 23.5 Å². The molecular weight excluding hydrogens is 574 g/mol. The van der Waals surface area contributed by atoms with Crippen LogP contribution in [-0.2, 0) is 26.2 Å². The molecule has 0 radical (unpaired) electrons. The van der Waals surface area contributed by atoms with Crippen molar-refractivity contribution in [2.45, 2.75) is 52.9 Å². The number of methoxy groups -OCH3 is 1. The molecule has 1 aliphatic heterocycles. The maximum atomic E-state index is 5.95. The second-order valence-electron chi connectivity index (χ2n) is 11.5. The molecule has 0 fully saturated rings. The minimum atomic E-state index is 0.563. The summed E-state index contributed by atoms with van der Waals surface area (Å²) in [5, 5.41) is 0. The first-order valence-corrected chi connectivity index (χ1v) is 16.3. The fourth-order valence-electron chi connectivity index (χ4n) is 6.05. The van der Waals surface area contributed by atoms with Crippen molar-refractivity contribution in [1.82, 2.24) is 14.5 Å². The molecule has 6 rings (SSSR count). The van der Waals surface area contributed by atoms with Crippen molar-refractivity contribution in [1.29, 1.82) is 0 Å². The van der Waals surface area contributed by atoms with E-state index in [1.54, 1.807) is 7.11 Å². The predicted octanol–water partition coefficient (Wildman–Crippen LogP) is 8.40. The number of para-hydroxylation sites is 1. The van der Waals surface area contributed by atoms with Crippen molar-refractivity contribution >= 4 is 0 Å². The number of benzene rings is 4. The highest BCUT2D eigenvalue weighted by molar-refractivity contribution is 5.71. The monoisotopic (exact) mass is 617 g/mol. The number of rotatable bonds is 14. The molecule has 0 amide bonds. The highest BCUT2D eigenvalue weighted by atomic mass is 16.6. The van der Waals surface area contributed by atoms with Gasteiger partial charge in [-0.15, -0.1) is 0 Å². The van der Waals surface area contributed by atoms with Crippen LogP contribution in [-0.4, -0.2) is 41.4 Å². The summed E-state index contributed by atoms with van der Waals surface area (Å²) in [6, 6.07) is 33.4. The predicted molar refractivity (Wildman–Crippen MR) is 183 cm³/mol. The van der Waals surface area contributed by atoms with E-state index in [2.05, 4.69) is 89.2 Å². The minimum absolute atomic E-state index is 0.563. The Labute approximate surface area is 272 Å². The molecule has 0 saturated heterocycles. The zero-order valence-electron chi connectivity index (χ0n) is 27.1. The second kappa shape index (κ2) is 15.0. The van der Waals surface area contributed by atoms with E-state index >= 15 is 0 Å². The highest BCUT2D eigenvalue weighted by Gasteiger charge is 2.24. The number of nitrogens with zero attached hydrogens (tertiary/aromatic N) is 3. The average Bonchev–Trinajstić information content (AvgIpc) is 3.45. The van der Waals surface area contributed by atoms with E-state index in [9.17, 15) is 0 Å². The van der Waals surface area contributed by atoms with Crippen molar-refractivity contribution in [3.8, 4) is 45.6 Å². The fourth-order valence-corrected chi connectivity index (χ4v) is 6.05. The number of fused-ring (bicyclic) bond motifs is 1. The lowest BCUT2D eigenvalue weighted by molar-refractivity contribution is 0.170. The molecule has 0 bridgehead atoms. The van der Waals surface area contributed by atoms with E-state index in [4.69, 9.17) is 23.9 Å². The first kappa shape index (κ1) is 31.2. The lowest BCUT2D eigenvalue weighted by atomic mass is 10.1. The number of ether oxygens (including phenoxy) is 4. The molecule has 5 aromatic rings. The van der Waals surface area contributed by atoms with E-state index in [0.29, 0.717) is 32.9 Å². The van der Waals surface area contributed by atoms with Gasteiger partial charge in [-0.3, -0.25) is 4.90 Å². The minimum Gasteiger partial charge on any atom is -0.496 e. The quantitative estimate of drug-likeness (QED) is 0.125. The molecule has 0 spiro atoms. The summed E-state index contributed by atoms with van der Waals surface area (Å²) in [6.07, 6.45) is 2.12. The van der Waals surface area contributed by atoms with Gasteiger partial charge in [0.1, 0.15) is 30.5 Å². The Balaban J connectivity index is 1.46. The molecule has 0 aliphatic carbocycles. The molecule has 0 N–H and O–H groups in total. The third-order valence-electron chi connectivity index (χ3n) is 8.20. The van der Waals surface area contributed by atoms with Gasteiger partial charge in [0.15, 0.2) is 11.5 Å². The van der Waals surface area contributed by atoms with Crippen LogP contribution in [0.1, 0.15) is 43.5 Å². The van der Waals surface area contributed by atoms with Crippen molar-refractivity contribution < 1.29 is 18.9 Å². The first-order chi connectivity index (χ1) is 22.7. The van der Waals surface area contributed by atoms with Crippen LogP contribution in [0.5, 0.6) is 23.0 Å². The Morgan fingerprint density at radius 3 is 2.33 bits per heavy atom. The van der Waals surface area contributed by atoms with E-state index in [-0.39, 0.29) is 0 Å². The summed E-state index contributed by atoms with van der Waals surface area (Å²) in [4.78, 5) is 7.86. The number of aromatic nitrogens is 2. The van der Waals surface area contributed by atoms with E-state index in [1.165, 1.54) is 11.3 Å². The normalized spacial score (nSPS) is 12.3. The Morgan fingerprint density at radius 2 is 1.54 bits per heavy atom. The second-order valence-corrected chi connectivity index (χ2v) is 11.5. The molecule has 4 aromatic carbocycles. The van der Waals surface area contributed by atoms with Gasteiger partial charge in [-0.1, -0.05) is 74.0 Å². The van der Waals surface area contributed by atoms with Crippen LogP contribution >= 0.6 is 0 Å². The molecule has 0 saturated carbocycles. The van der Waals surface area contributed by atoms with Crippen LogP contribution in [0.3, 0.4) is 0 Å². The topological polar surface area (TPSA) is 58.0 Å². The summed E-state index contributed by atoms with van der Waals surface area (Å²) in [6.45, 7) is 9.01. The van der Waals surface area contributed by atoms with Gasteiger partial charge in [0.25, 0.3) is 0 Å². The molecule has 0 atom stereocenters. The standard InChI is InChI=1S/C39H43N3O4/c1-4-6-21-42-34(38(31-14-8-7-9-15-31)40-39(42)33-17-10-11-18-35(33)43-3)28-41(26-29-13-12-16-32(24-29)44-5-2)27-30-19-20-36-37(25-30)46-23-22-45-36/h7-20,24-25H,4-6,21-23,26-28H2,1-3H3. The average molecular weight is 618 g/mol. The Kier molecular flexibility index (Phi) is 10.2. The molecule has 0 unspecified atom stereocenters. The number of hydrogen-bond donors (Lipinski definition) is 0. The third-order valence-corrected chi connectivity index (χ3v) is 8.20. The van der Waals surface area contributed by atoms with Crippen molar-refractivity contribution in [3.05, 3.63) is 114 Å². The maximum Gasteiger partial charge on any atom is 0.161 e. The Morgan fingerprint density at radius 1 is 0.783 bits per heavy atom. The van der Waals surface area contributed by atoms with Crippen LogP contribution in [0.4, 0.5) is 0 Å². The summed E-state index contributed by atoms with van der Waals surface area (Å²) in [5.41, 5.74) is 6.62. The van der Waals surface area contributed by atoms with Crippen LogP contribution in [0.2, 0.25) is 0 Å². The highest BCUT2D eigenvalue weighted by Crippen LogP contribution is 2.36. The Hall–Kier alpha value is -4.75. The number of imidazole rings is 1. The summed E-state index contributed by atoms with van der Waals surface area (Å²) in [5.74, 6) is 4.24. The molecule has 7 heteroatoms.